The second-order valence-electron chi connectivity index (χ2n) is 5.89. The maximum absolute atomic E-state index is 13.3. The molecule has 0 saturated heterocycles. The minimum atomic E-state index is -7.25. The van der Waals surface area contributed by atoms with E-state index >= 15 is 0 Å². The van der Waals surface area contributed by atoms with Gasteiger partial charge in [-0.15, -0.1) is 0 Å². The first kappa shape index (κ1) is 24.2. The van der Waals surface area contributed by atoms with Gasteiger partial charge in [-0.05, 0) is 6.92 Å². The lowest BCUT2D eigenvalue weighted by atomic mass is 10.1. The summed E-state index contributed by atoms with van der Waals surface area (Å²) in [4.78, 5) is 0. The first-order valence-electron chi connectivity index (χ1n) is 6.78. The van der Waals surface area contributed by atoms with Crippen LogP contribution in [0.2, 0.25) is 0 Å². The summed E-state index contributed by atoms with van der Waals surface area (Å²) >= 11 is 0. The van der Waals surface area contributed by atoms with Gasteiger partial charge in [0.15, 0.2) is 0 Å². The largest absolute Gasteiger partial charge is 0.460 e. The van der Waals surface area contributed by atoms with Crippen molar-refractivity contribution in [2.45, 2.75) is 36.6 Å². The van der Waals surface area contributed by atoms with Crippen LogP contribution in [0.15, 0.2) is 0 Å². The second kappa shape index (κ2) is 7.10. The highest BCUT2D eigenvalue weighted by Crippen LogP contribution is 2.54. The van der Waals surface area contributed by atoms with E-state index in [-0.39, 0.29) is 13.0 Å². The Labute approximate surface area is 138 Å². The van der Waals surface area contributed by atoms with Gasteiger partial charge in [-0.1, -0.05) is 0 Å². The molecule has 0 amide bonds. The van der Waals surface area contributed by atoms with E-state index < -0.39 is 39.8 Å². The highest BCUT2D eigenvalue weighted by Gasteiger charge is 2.85. The summed E-state index contributed by atoms with van der Waals surface area (Å²) in [7, 11) is -3.14. The summed E-state index contributed by atoms with van der Waals surface area (Å²) in [6.07, 6.45) is -7.21. The Bertz CT molecular complexity index is 558. The zero-order chi connectivity index (χ0) is 20.5. The highest BCUT2D eigenvalue weighted by molar-refractivity contribution is 7.90. The molecule has 0 aromatic carbocycles. The summed E-state index contributed by atoms with van der Waals surface area (Å²) in [5.41, 5.74) is 0. The molecular formula is C11H18F9N2O2S+. The zero-order valence-corrected chi connectivity index (χ0v) is 14.2. The molecule has 0 aliphatic carbocycles. The maximum Gasteiger partial charge on any atom is 0.460 e. The maximum atomic E-state index is 13.3. The van der Waals surface area contributed by atoms with Crippen molar-refractivity contribution in [3.63, 3.8) is 0 Å². The predicted molar refractivity (Wildman–Crippen MR) is 70.0 cm³/mol. The monoisotopic (exact) mass is 413 g/mol. The van der Waals surface area contributed by atoms with E-state index in [0.29, 0.717) is 11.0 Å². The lowest BCUT2D eigenvalue weighted by Crippen LogP contribution is -2.65. The molecule has 0 aromatic rings. The number of hydrogen-bond donors (Lipinski definition) is 1. The summed E-state index contributed by atoms with van der Waals surface area (Å²) in [5, 5.41) is -6.69. The van der Waals surface area contributed by atoms with E-state index in [4.69, 9.17) is 0 Å². The number of nitrogens with zero attached hydrogens (tertiary/aromatic N) is 1. The van der Waals surface area contributed by atoms with E-state index in [1.807, 2.05) is 0 Å². The van der Waals surface area contributed by atoms with Crippen LogP contribution in [0, 0.1) is 0 Å². The molecule has 0 spiro atoms. The molecule has 1 N–H and O–H groups in total. The molecule has 14 heteroatoms. The second-order valence-corrected chi connectivity index (χ2v) is 7.70. The van der Waals surface area contributed by atoms with E-state index in [9.17, 15) is 47.9 Å². The summed E-state index contributed by atoms with van der Waals surface area (Å²) in [6.45, 7) is 1.67. The number of quaternary nitrogens is 1. The molecule has 0 aliphatic rings. The Morgan fingerprint density at radius 1 is 0.880 bits per heavy atom. The van der Waals surface area contributed by atoms with Crippen LogP contribution in [0.1, 0.15) is 13.3 Å². The van der Waals surface area contributed by atoms with E-state index in [2.05, 4.69) is 0 Å². The Morgan fingerprint density at radius 2 is 1.32 bits per heavy atom. The standard InChI is InChI=1S/C11H18F9N2O2S/c1-4-22(2,3)7-5-6-21-25(23,24)11(19,20)9(14,15)8(12,13)10(16,17)18/h21H,4-7H2,1-3H3/q+1. The molecule has 25 heavy (non-hydrogen) atoms. The molecule has 0 saturated carbocycles. The Kier molecular flexibility index (Phi) is 6.88. The molecule has 0 radical (unpaired) electrons. The Hall–Kier alpha value is -0.760. The Morgan fingerprint density at radius 3 is 1.68 bits per heavy atom. The van der Waals surface area contributed by atoms with E-state index in [1.165, 1.54) is 0 Å². The quantitative estimate of drug-likeness (QED) is 0.359. The summed E-state index contributed by atoms with van der Waals surface area (Å²) in [5.74, 6) is -14.5. The van der Waals surface area contributed by atoms with Crippen molar-refractivity contribution in [1.29, 1.82) is 0 Å². The van der Waals surface area contributed by atoms with Crippen LogP contribution in [0.25, 0.3) is 0 Å². The molecule has 0 aliphatic heterocycles. The Balaban J connectivity index is 5.35. The van der Waals surface area contributed by atoms with E-state index in [1.54, 1.807) is 21.0 Å². The first-order valence-corrected chi connectivity index (χ1v) is 8.26. The van der Waals surface area contributed by atoms with Crippen molar-refractivity contribution in [3.8, 4) is 0 Å². The van der Waals surface area contributed by atoms with Gasteiger partial charge in [0, 0.05) is 13.0 Å². The highest BCUT2D eigenvalue weighted by atomic mass is 32.2. The minimum Gasteiger partial charge on any atom is -0.329 e. The van der Waals surface area contributed by atoms with Crippen molar-refractivity contribution in [3.05, 3.63) is 0 Å². The number of alkyl halides is 9. The number of sulfonamides is 1. The van der Waals surface area contributed by atoms with Gasteiger partial charge in [0.05, 0.1) is 27.2 Å². The topological polar surface area (TPSA) is 46.2 Å². The fourth-order valence-electron chi connectivity index (χ4n) is 1.49. The van der Waals surface area contributed by atoms with Gasteiger partial charge in [0.1, 0.15) is 0 Å². The zero-order valence-electron chi connectivity index (χ0n) is 13.4. The van der Waals surface area contributed by atoms with Crippen LogP contribution in [0.4, 0.5) is 39.5 Å². The molecular weight excluding hydrogens is 395 g/mol. The molecule has 0 heterocycles. The van der Waals surface area contributed by atoms with Gasteiger partial charge in [-0.2, -0.15) is 39.5 Å². The molecule has 0 rings (SSSR count). The lowest BCUT2D eigenvalue weighted by Gasteiger charge is -2.33. The molecule has 0 aromatic heterocycles. The van der Waals surface area contributed by atoms with E-state index in [0.717, 1.165) is 4.72 Å². The predicted octanol–water partition coefficient (Wildman–Crippen LogP) is 2.82. The third kappa shape index (κ3) is 4.70. The SMILES string of the molecule is CC[N+](C)(C)CCCNS(=O)(=O)C(F)(F)C(F)(F)C(F)(F)C(F)(F)F. The third-order valence-electron chi connectivity index (χ3n) is 3.54. The van der Waals surface area contributed by atoms with Crippen molar-refractivity contribution in [1.82, 2.24) is 4.72 Å². The summed E-state index contributed by atoms with van der Waals surface area (Å²) in [6, 6.07) is 0. The number of halogens is 9. The lowest BCUT2D eigenvalue weighted by molar-refractivity contribution is -0.888. The van der Waals surface area contributed by atoms with Gasteiger partial charge >= 0.3 is 23.3 Å². The fraction of sp³-hybridized carbons (Fsp3) is 1.00. The van der Waals surface area contributed by atoms with Crippen LogP contribution in [-0.4, -0.2) is 69.9 Å². The molecule has 0 unspecified atom stereocenters. The van der Waals surface area contributed by atoms with Gasteiger partial charge in [-0.3, -0.25) is 0 Å². The first-order chi connectivity index (χ1) is 10.8. The van der Waals surface area contributed by atoms with Crippen LogP contribution in [-0.2, 0) is 10.0 Å². The normalized spacial score (nSPS) is 15.5. The van der Waals surface area contributed by atoms with Gasteiger partial charge in [0.2, 0.25) is 0 Å². The van der Waals surface area contributed by atoms with Crippen LogP contribution in [0.3, 0.4) is 0 Å². The minimum absolute atomic E-state index is 0.141. The number of hydrogen-bond acceptors (Lipinski definition) is 2. The fourth-order valence-corrected chi connectivity index (χ4v) is 2.55. The van der Waals surface area contributed by atoms with Crippen LogP contribution in [0.5, 0.6) is 0 Å². The van der Waals surface area contributed by atoms with Gasteiger partial charge in [-0.25, -0.2) is 13.1 Å². The average molecular weight is 413 g/mol. The summed E-state index contributed by atoms with van der Waals surface area (Å²) < 4.78 is 138. The molecule has 0 fully saturated rings. The van der Waals surface area contributed by atoms with Gasteiger partial charge < -0.3 is 4.48 Å². The van der Waals surface area contributed by atoms with Gasteiger partial charge in [0.25, 0.3) is 10.0 Å². The molecule has 0 atom stereocenters. The van der Waals surface area contributed by atoms with Crippen LogP contribution < -0.4 is 4.72 Å². The van der Waals surface area contributed by atoms with Crippen LogP contribution >= 0.6 is 0 Å². The number of nitrogens with one attached hydrogen (secondary N) is 1. The van der Waals surface area contributed by atoms with Crippen molar-refractivity contribution >= 4 is 10.0 Å². The molecule has 0 bridgehead atoms. The smallest absolute Gasteiger partial charge is 0.329 e. The van der Waals surface area contributed by atoms with Crippen molar-refractivity contribution in [2.75, 3.05) is 33.7 Å². The number of rotatable bonds is 9. The van der Waals surface area contributed by atoms with Crippen molar-refractivity contribution in [2.24, 2.45) is 0 Å². The van der Waals surface area contributed by atoms with Crippen molar-refractivity contribution < 1.29 is 52.4 Å². The molecule has 152 valence electrons. The third-order valence-corrected chi connectivity index (χ3v) is 5.06. The average Bonchev–Trinajstić information content (AvgIpc) is 2.41. The molecule has 4 nitrogen and oxygen atoms in total.